The van der Waals surface area contributed by atoms with Crippen molar-refractivity contribution >= 4 is 28.4 Å². The van der Waals surface area contributed by atoms with Gasteiger partial charge in [-0.25, -0.2) is 0 Å². The molecule has 0 heterocycles. The van der Waals surface area contributed by atoms with Crippen LogP contribution in [0.4, 0.5) is 0 Å². The Hall–Kier alpha value is -1.24. The Morgan fingerprint density at radius 3 is 2.71 bits per heavy atom. The first-order valence-corrected chi connectivity index (χ1v) is 4.44. The molecule has 5 heteroatoms. The molecule has 0 bridgehead atoms. The van der Waals surface area contributed by atoms with E-state index in [1.807, 2.05) is 6.07 Å². The van der Waals surface area contributed by atoms with Gasteiger partial charge in [-0.3, -0.25) is 0 Å². The van der Waals surface area contributed by atoms with Crippen LogP contribution in [-0.4, -0.2) is 10.4 Å². The summed E-state index contributed by atoms with van der Waals surface area (Å²) < 4.78 is 0. The molecule has 0 aromatic heterocycles. The van der Waals surface area contributed by atoms with Gasteiger partial charge in [0, 0.05) is 5.56 Å². The lowest BCUT2D eigenvalue weighted by molar-refractivity contribution is 0.321. The number of oxime groups is 1. The number of halogens is 2. The van der Waals surface area contributed by atoms with E-state index in [1.54, 1.807) is 13.0 Å². The van der Waals surface area contributed by atoms with Crippen molar-refractivity contribution in [3.05, 3.63) is 33.8 Å². The summed E-state index contributed by atoms with van der Waals surface area (Å²) in [5.41, 5.74) is 1.50. The zero-order valence-electron chi connectivity index (χ0n) is 7.25. The van der Waals surface area contributed by atoms with Gasteiger partial charge in [-0.05, 0) is 18.6 Å². The molecule has 0 radical (unpaired) electrons. The molecule has 0 saturated heterocycles. The monoisotopic (exact) mass is 228 g/mol. The third-order valence-corrected chi connectivity index (χ3v) is 2.58. The summed E-state index contributed by atoms with van der Waals surface area (Å²) in [4.78, 5) is 0. The Balaban J connectivity index is 3.40. The molecule has 0 amide bonds. The highest BCUT2D eigenvalue weighted by Gasteiger charge is 2.10. The molecule has 0 aliphatic heterocycles. The number of benzene rings is 1. The number of nitrogens with zero attached hydrogens (tertiary/aromatic N) is 2. The molecule has 1 aromatic carbocycles. The van der Waals surface area contributed by atoms with Gasteiger partial charge in [0.15, 0.2) is 5.17 Å². The number of rotatable bonds is 1. The van der Waals surface area contributed by atoms with Crippen molar-refractivity contribution < 1.29 is 5.21 Å². The summed E-state index contributed by atoms with van der Waals surface area (Å²) in [6.07, 6.45) is 0. The van der Waals surface area contributed by atoms with Gasteiger partial charge in [0.1, 0.15) is 6.07 Å². The minimum absolute atomic E-state index is 0.0473. The fourth-order valence-electron chi connectivity index (χ4n) is 1.05. The fraction of sp³-hybridized carbons (Fsp3) is 0.111. The maximum absolute atomic E-state index is 8.68. The van der Waals surface area contributed by atoms with Crippen LogP contribution in [0.15, 0.2) is 17.3 Å². The van der Waals surface area contributed by atoms with Gasteiger partial charge in [-0.1, -0.05) is 34.4 Å². The van der Waals surface area contributed by atoms with Gasteiger partial charge in [-0.2, -0.15) is 5.26 Å². The van der Waals surface area contributed by atoms with Crippen LogP contribution in [-0.2, 0) is 0 Å². The topological polar surface area (TPSA) is 56.4 Å². The maximum Gasteiger partial charge on any atom is 0.175 e. The van der Waals surface area contributed by atoms with Crippen molar-refractivity contribution in [3.63, 3.8) is 0 Å². The Bertz CT molecular complexity index is 435. The minimum Gasteiger partial charge on any atom is -0.410 e. The largest absolute Gasteiger partial charge is 0.410 e. The summed E-state index contributed by atoms with van der Waals surface area (Å²) in [6.45, 7) is 1.70. The molecule has 1 aromatic rings. The Labute approximate surface area is 91.2 Å². The van der Waals surface area contributed by atoms with Gasteiger partial charge in [-0.15, -0.1) is 0 Å². The summed E-state index contributed by atoms with van der Waals surface area (Å²) in [5.74, 6) is 0. The van der Waals surface area contributed by atoms with Crippen molar-refractivity contribution in [3.8, 4) is 6.07 Å². The zero-order chi connectivity index (χ0) is 10.7. The molecule has 0 atom stereocenters. The van der Waals surface area contributed by atoms with Gasteiger partial charge < -0.3 is 5.21 Å². The summed E-state index contributed by atoms with van der Waals surface area (Å²) in [6, 6.07) is 5.05. The average Bonchev–Trinajstić information content (AvgIpc) is 2.21. The molecule has 1 N–H and O–H groups in total. The van der Waals surface area contributed by atoms with Gasteiger partial charge >= 0.3 is 0 Å². The lowest BCUT2D eigenvalue weighted by Gasteiger charge is -2.05. The standard InChI is InChI=1S/C9H6Cl2N2O/c1-5-7(9(11)13-14)3-2-6(4-12)8(5)10/h2-3,14H,1H3/b13-9+. The van der Waals surface area contributed by atoms with Crippen LogP contribution < -0.4 is 0 Å². The lowest BCUT2D eigenvalue weighted by atomic mass is 10.1. The van der Waals surface area contributed by atoms with E-state index in [0.29, 0.717) is 21.7 Å². The van der Waals surface area contributed by atoms with E-state index in [4.69, 9.17) is 33.7 Å². The first-order valence-electron chi connectivity index (χ1n) is 3.69. The van der Waals surface area contributed by atoms with Crippen LogP contribution >= 0.6 is 23.2 Å². The van der Waals surface area contributed by atoms with Crippen LogP contribution in [0.25, 0.3) is 0 Å². The van der Waals surface area contributed by atoms with Crippen LogP contribution in [0, 0.1) is 18.3 Å². The van der Waals surface area contributed by atoms with Crippen molar-refractivity contribution in [1.82, 2.24) is 0 Å². The number of hydrogen-bond acceptors (Lipinski definition) is 3. The smallest absolute Gasteiger partial charge is 0.175 e. The Morgan fingerprint density at radius 2 is 2.21 bits per heavy atom. The van der Waals surface area contributed by atoms with Crippen LogP contribution in [0.2, 0.25) is 5.02 Å². The first kappa shape index (κ1) is 10.8. The third kappa shape index (κ3) is 1.82. The van der Waals surface area contributed by atoms with Crippen LogP contribution in [0.1, 0.15) is 16.7 Å². The molecule has 0 unspecified atom stereocenters. The molecule has 1 rings (SSSR count). The van der Waals surface area contributed by atoms with Crippen molar-refractivity contribution in [2.45, 2.75) is 6.92 Å². The highest BCUT2D eigenvalue weighted by Crippen LogP contribution is 2.24. The highest BCUT2D eigenvalue weighted by molar-refractivity contribution is 6.69. The fourth-order valence-corrected chi connectivity index (χ4v) is 1.46. The summed E-state index contributed by atoms with van der Waals surface area (Å²) >= 11 is 11.5. The molecule has 0 aliphatic rings. The van der Waals surface area contributed by atoms with E-state index < -0.39 is 0 Å². The average molecular weight is 229 g/mol. The zero-order valence-corrected chi connectivity index (χ0v) is 8.76. The van der Waals surface area contributed by atoms with E-state index in [0.717, 1.165) is 0 Å². The molecule has 0 aliphatic carbocycles. The maximum atomic E-state index is 8.68. The molecule has 14 heavy (non-hydrogen) atoms. The van der Waals surface area contributed by atoms with E-state index in [2.05, 4.69) is 5.16 Å². The quantitative estimate of drug-likeness (QED) is 0.457. The number of hydrogen-bond donors (Lipinski definition) is 1. The molecule has 0 saturated carbocycles. The van der Waals surface area contributed by atoms with Gasteiger partial charge in [0.05, 0.1) is 10.6 Å². The number of nitriles is 1. The molecule has 0 spiro atoms. The third-order valence-electron chi connectivity index (χ3n) is 1.82. The second-order valence-corrected chi connectivity index (χ2v) is 3.34. The minimum atomic E-state index is -0.0473. The molecule has 72 valence electrons. The second kappa shape index (κ2) is 4.32. The predicted molar refractivity (Wildman–Crippen MR) is 55.1 cm³/mol. The van der Waals surface area contributed by atoms with Gasteiger partial charge in [0.2, 0.25) is 0 Å². The van der Waals surface area contributed by atoms with Crippen LogP contribution in [0.3, 0.4) is 0 Å². The van der Waals surface area contributed by atoms with Crippen molar-refractivity contribution in [2.75, 3.05) is 0 Å². The molecule has 0 fully saturated rings. The first-order chi connectivity index (χ1) is 6.61. The van der Waals surface area contributed by atoms with E-state index >= 15 is 0 Å². The van der Waals surface area contributed by atoms with Crippen molar-refractivity contribution in [1.29, 1.82) is 5.26 Å². The van der Waals surface area contributed by atoms with Crippen LogP contribution in [0.5, 0.6) is 0 Å². The second-order valence-electron chi connectivity index (χ2n) is 2.60. The summed E-state index contributed by atoms with van der Waals surface area (Å²) in [5, 5.41) is 20.3. The van der Waals surface area contributed by atoms with Crippen molar-refractivity contribution in [2.24, 2.45) is 5.16 Å². The Morgan fingerprint density at radius 1 is 1.57 bits per heavy atom. The molecule has 3 nitrogen and oxygen atoms in total. The SMILES string of the molecule is Cc1c(/C(Cl)=N\O)ccc(C#N)c1Cl. The van der Waals surface area contributed by atoms with E-state index in [1.165, 1.54) is 6.07 Å². The normalized spacial score (nSPS) is 11.1. The summed E-state index contributed by atoms with van der Waals surface area (Å²) in [7, 11) is 0. The lowest BCUT2D eigenvalue weighted by Crippen LogP contribution is -1.97. The predicted octanol–water partition coefficient (Wildman–Crippen LogP) is 2.89. The van der Waals surface area contributed by atoms with E-state index in [-0.39, 0.29) is 5.17 Å². The molecular weight excluding hydrogens is 223 g/mol. The Kier molecular flexibility index (Phi) is 3.34. The van der Waals surface area contributed by atoms with Gasteiger partial charge in [0.25, 0.3) is 0 Å². The van der Waals surface area contributed by atoms with E-state index in [9.17, 15) is 0 Å². The highest BCUT2D eigenvalue weighted by atomic mass is 35.5. The molecular formula is C9H6Cl2N2O.